The molecule has 0 heterocycles. The lowest BCUT2D eigenvalue weighted by Crippen LogP contribution is -2.05. The van der Waals surface area contributed by atoms with Crippen molar-refractivity contribution in [2.45, 2.75) is 13.3 Å². The second-order valence-electron chi connectivity index (χ2n) is 3.32. The molecule has 1 rings (SSSR count). The highest BCUT2D eigenvalue weighted by Gasteiger charge is 2.11. The van der Waals surface area contributed by atoms with Crippen molar-refractivity contribution in [3.8, 4) is 11.8 Å². The summed E-state index contributed by atoms with van der Waals surface area (Å²) in [5, 5.41) is 8.94. The van der Waals surface area contributed by atoms with E-state index in [4.69, 9.17) is 22.4 Å². The molecule has 0 amide bonds. The van der Waals surface area contributed by atoms with Crippen molar-refractivity contribution in [1.82, 2.24) is 0 Å². The van der Waals surface area contributed by atoms with Crippen LogP contribution in [0, 0.1) is 18.8 Å². The fraction of sp³-hybridized carbons (Fsp3) is 0.250. The highest BCUT2D eigenvalue weighted by Crippen LogP contribution is 2.19. The minimum atomic E-state index is -1.04. The Labute approximate surface area is 99.2 Å². The summed E-state index contributed by atoms with van der Waals surface area (Å²) in [6.45, 7) is 1.80. The molecule has 1 aromatic carbocycles. The molecule has 0 radical (unpaired) electrons. The Bertz CT molecular complexity index is 472. The fourth-order valence-electron chi connectivity index (χ4n) is 1.28. The summed E-state index contributed by atoms with van der Waals surface area (Å²) < 4.78 is 0. The standard InChI is InChI=1S/C12H12ClNO2/c1-8-6-9(4-2-3-5-13)11(14)10(7-8)12(15)16/h6-7H,3,5,14H2,1H3,(H,15,16). The van der Waals surface area contributed by atoms with Gasteiger partial charge in [0.1, 0.15) is 0 Å². The zero-order valence-electron chi connectivity index (χ0n) is 8.88. The maximum absolute atomic E-state index is 10.9. The lowest BCUT2D eigenvalue weighted by Gasteiger charge is -2.05. The molecule has 0 saturated carbocycles. The van der Waals surface area contributed by atoms with Crippen molar-refractivity contribution in [2.24, 2.45) is 0 Å². The second-order valence-corrected chi connectivity index (χ2v) is 3.70. The quantitative estimate of drug-likeness (QED) is 0.471. The van der Waals surface area contributed by atoms with Gasteiger partial charge >= 0.3 is 5.97 Å². The zero-order chi connectivity index (χ0) is 12.1. The molecule has 3 nitrogen and oxygen atoms in total. The third-order valence-corrected chi connectivity index (χ3v) is 2.19. The van der Waals surface area contributed by atoms with E-state index >= 15 is 0 Å². The molecular formula is C12H12ClNO2. The van der Waals surface area contributed by atoms with Crippen molar-refractivity contribution in [3.05, 3.63) is 28.8 Å². The van der Waals surface area contributed by atoms with Crippen LogP contribution in [0.3, 0.4) is 0 Å². The number of nitrogen functional groups attached to an aromatic ring is 1. The summed E-state index contributed by atoms with van der Waals surface area (Å²) in [7, 11) is 0. The van der Waals surface area contributed by atoms with Crippen LogP contribution in [0.2, 0.25) is 0 Å². The van der Waals surface area contributed by atoms with Gasteiger partial charge in [-0.2, -0.15) is 0 Å². The SMILES string of the molecule is Cc1cc(C#CCCCl)c(N)c(C(=O)O)c1. The van der Waals surface area contributed by atoms with E-state index in [1.54, 1.807) is 13.0 Å². The van der Waals surface area contributed by atoms with E-state index < -0.39 is 5.97 Å². The van der Waals surface area contributed by atoms with Gasteiger partial charge in [-0.05, 0) is 24.6 Å². The summed E-state index contributed by atoms with van der Waals surface area (Å²) in [4.78, 5) is 10.9. The Balaban J connectivity index is 3.21. The normalized spacial score (nSPS) is 9.38. The number of benzene rings is 1. The number of hydrogen-bond acceptors (Lipinski definition) is 2. The monoisotopic (exact) mass is 237 g/mol. The Hall–Kier alpha value is -1.66. The molecule has 0 fully saturated rings. The lowest BCUT2D eigenvalue weighted by molar-refractivity contribution is 0.0698. The number of alkyl halides is 1. The van der Waals surface area contributed by atoms with Gasteiger partial charge in [-0.15, -0.1) is 11.6 Å². The molecule has 0 saturated heterocycles. The van der Waals surface area contributed by atoms with Crippen molar-refractivity contribution in [1.29, 1.82) is 0 Å². The summed E-state index contributed by atoms with van der Waals surface area (Å²) >= 11 is 5.49. The summed E-state index contributed by atoms with van der Waals surface area (Å²) in [6, 6.07) is 3.30. The molecule has 0 bridgehead atoms. The molecule has 16 heavy (non-hydrogen) atoms. The van der Waals surface area contributed by atoms with Gasteiger partial charge in [-0.1, -0.05) is 11.8 Å². The van der Waals surface area contributed by atoms with Gasteiger partial charge in [-0.3, -0.25) is 0 Å². The van der Waals surface area contributed by atoms with Crippen LogP contribution in [0.15, 0.2) is 12.1 Å². The van der Waals surface area contributed by atoms with Gasteiger partial charge in [0, 0.05) is 17.9 Å². The smallest absolute Gasteiger partial charge is 0.337 e. The molecule has 84 valence electrons. The van der Waals surface area contributed by atoms with Crippen molar-refractivity contribution in [2.75, 3.05) is 11.6 Å². The summed E-state index contributed by atoms with van der Waals surface area (Å²) in [5.41, 5.74) is 7.39. The summed E-state index contributed by atoms with van der Waals surface area (Å²) in [5.74, 6) is 5.07. The Morgan fingerprint density at radius 2 is 2.25 bits per heavy atom. The zero-order valence-corrected chi connectivity index (χ0v) is 9.64. The highest BCUT2D eigenvalue weighted by molar-refractivity contribution is 6.18. The van der Waals surface area contributed by atoms with Crippen LogP contribution in [0.4, 0.5) is 5.69 Å². The van der Waals surface area contributed by atoms with E-state index in [9.17, 15) is 4.79 Å². The molecular weight excluding hydrogens is 226 g/mol. The van der Waals surface area contributed by atoms with E-state index in [-0.39, 0.29) is 11.3 Å². The number of anilines is 1. The van der Waals surface area contributed by atoms with Crippen LogP contribution in [0.1, 0.15) is 27.9 Å². The molecule has 0 aliphatic carbocycles. The highest BCUT2D eigenvalue weighted by atomic mass is 35.5. The van der Waals surface area contributed by atoms with Gasteiger partial charge in [0.25, 0.3) is 0 Å². The van der Waals surface area contributed by atoms with Gasteiger partial charge < -0.3 is 10.8 Å². The molecule has 0 aromatic heterocycles. The van der Waals surface area contributed by atoms with E-state index in [1.807, 2.05) is 0 Å². The first-order chi connectivity index (χ1) is 7.56. The predicted molar refractivity (Wildman–Crippen MR) is 64.8 cm³/mol. The second kappa shape index (κ2) is 5.43. The van der Waals surface area contributed by atoms with Gasteiger partial charge in [0.15, 0.2) is 0 Å². The number of carboxylic acid groups (broad SMARTS) is 1. The van der Waals surface area contributed by atoms with Crippen molar-refractivity contribution < 1.29 is 9.90 Å². The van der Waals surface area contributed by atoms with Crippen molar-refractivity contribution >= 4 is 23.3 Å². The molecule has 4 heteroatoms. The van der Waals surface area contributed by atoms with E-state index in [2.05, 4.69) is 11.8 Å². The molecule has 0 unspecified atom stereocenters. The topological polar surface area (TPSA) is 63.3 Å². The minimum absolute atomic E-state index is 0.0928. The minimum Gasteiger partial charge on any atom is -0.478 e. The molecule has 1 aromatic rings. The van der Waals surface area contributed by atoms with Crippen LogP contribution in [-0.2, 0) is 0 Å². The Morgan fingerprint density at radius 1 is 1.56 bits per heavy atom. The first-order valence-corrected chi connectivity index (χ1v) is 5.28. The number of aromatic carboxylic acids is 1. The third kappa shape index (κ3) is 2.91. The average molecular weight is 238 g/mol. The van der Waals surface area contributed by atoms with Gasteiger partial charge in [0.05, 0.1) is 11.3 Å². The molecule has 0 aliphatic rings. The van der Waals surface area contributed by atoms with Crippen LogP contribution in [0.25, 0.3) is 0 Å². The number of rotatable bonds is 2. The van der Waals surface area contributed by atoms with E-state index in [0.29, 0.717) is 17.9 Å². The number of nitrogens with two attached hydrogens (primary N) is 1. The van der Waals surface area contributed by atoms with Crippen LogP contribution >= 0.6 is 11.6 Å². The van der Waals surface area contributed by atoms with E-state index in [1.165, 1.54) is 6.07 Å². The number of aryl methyl sites for hydroxylation is 1. The molecule has 0 spiro atoms. The largest absolute Gasteiger partial charge is 0.478 e. The number of halogens is 1. The number of hydrogen-bond donors (Lipinski definition) is 2. The predicted octanol–water partition coefficient (Wildman–Crippen LogP) is 2.26. The molecule has 3 N–H and O–H groups in total. The average Bonchev–Trinajstić information content (AvgIpc) is 2.22. The first-order valence-electron chi connectivity index (χ1n) is 4.74. The van der Waals surface area contributed by atoms with Crippen molar-refractivity contribution in [3.63, 3.8) is 0 Å². The first kappa shape index (κ1) is 12.4. The van der Waals surface area contributed by atoms with E-state index in [0.717, 1.165) is 5.56 Å². The molecule has 0 atom stereocenters. The van der Waals surface area contributed by atoms with Crippen LogP contribution in [-0.4, -0.2) is 17.0 Å². The van der Waals surface area contributed by atoms with Gasteiger partial charge in [0.2, 0.25) is 0 Å². The maximum Gasteiger partial charge on any atom is 0.337 e. The third-order valence-electron chi connectivity index (χ3n) is 2.00. The molecule has 0 aliphatic heterocycles. The van der Waals surface area contributed by atoms with Gasteiger partial charge in [-0.25, -0.2) is 4.79 Å². The maximum atomic E-state index is 10.9. The van der Waals surface area contributed by atoms with Crippen LogP contribution in [0.5, 0.6) is 0 Å². The lowest BCUT2D eigenvalue weighted by atomic mass is 10.0. The summed E-state index contributed by atoms with van der Waals surface area (Å²) in [6.07, 6.45) is 0.553. The Morgan fingerprint density at radius 3 is 2.81 bits per heavy atom. The number of carbonyl (C=O) groups is 1. The number of carboxylic acids is 1. The Kier molecular flexibility index (Phi) is 4.21. The van der Waals surface area contributed by atoms with Crippen LogP contribution < -0.4 is 5.73 Å². The fourth-order valence-corrected chi connectivity index (χ4v) is 1.38.